The van der Waals surface area contributed by atoms with Crippen LogP contribution in [0.3, 0.4) is 0 Å². The molecule has 19 heavy (non-hydrogen) atoms. The van der Waals surface area contributed by atoms with Crippen LogP contribution in [-0.2, 0) is 13.5 Å². The maximum Gasteiger partial charge on any atom is 0.254 e. The Hall–Kier alpha value is -2.05. The van der Waals surface area contributed by atoms with Crippen LogP contribution in [-0.4, -0.2) is 32.8 Å². The number of nitrogens with two attached hydrogens (primary N) is 1. The van der Waals surface area contributed by atoms with Crippen molar-refractivity contribution in [3.8, 4) is 0 Å². The Labute approximate surface area is 112 Å². The number of hydrogen-bond acceptors (Lipinski definition) is 4. The molecular formula is C12H21N5O2. The molecule has 1 atom stereocenters. The number of hydrogen-bond donors (Lipinski definition) is 3. The summed E-state index contributed by atoms with van der Waals surface area (Å²) in [5.74, 6) is -0.0726. The third-order valence-electron chi connectivity index (χ3n) is 2.90. The molecule has 1 heterocycles. The number of rotatable bonds is 6. The van der Waals surface area contributed by atoms with E-state index in [0.717, 1.165) is 5.69 Å². The van der Waals surface area contributed by atoms with Gasteiger partial charge in [-0.3, -0.25) is 9.48 Å². The molecule has 4 N–H and O–H groups in total. The third kappa shape index (κ3) is 3.97. The lowest BCUT2D eigenvalue weighted by atomic mass is 10.1. The van der Waals surface area contributed by atoms with Crippen molar-refractivity contribution in [2.75, 3.05) is 0 Å². The van der Waals surface area contributed by atoms with Gasteiger partial charge in [0.05, 0.1) is 11.3 Å². The number of carbonyl (C=O) groups is 1. The Morgan fingerprint density at radius 2 is 2.32 bits per heavy atom. The Bertz CT molecular complexity index is 467. The van der Waals surface area contributed by atoms with E-state index in [1.807, 2.05) is 13.8 Å². The summed E-state index contributed by atoms with van der Waals surface area (Å²) in [7, 11) is 1.78. The van der Waals surface area contributed by atoms with Crippen LogP contribution in [0.1, 0.15) is 42.7 Å². The maximum atomic E-state index is 12.2. The SMILES string of the molecule is CCc1nn(C)cc1C(=O)NC(CC)CC(N)=NO. The fourth-order valence-corrected chi connectivity index (χ4v) is 1.84. The first-order valence-electron chi connectivity index (χ1n) is 6.31. The maximum absolute atomic E-state index is 12.2. The molecule has 0 spiro atoms. The number of oxime groups is 1. The van der Waals surface area contributed by atoms with Gasteiger partial charge in [-0.2, -0.15) is 5.10 Å². The molecule has 106 valence electrons. The molecule has 1 rings (SSSR count). The van der Waals surface area contributed by atoms with Crippen molar-refractivity contribution in [2.45, 2.75) is 39.2 Å². The highest BCUT2D eigenvalue weighted by Crippen LogP contribution is 2.08. The molecule has 7 heteroatoms. The van der Waals surface area contributed by atoms with Crippen molar-refractivity contribution in [2.24, 2.45) is 17.9 Å². The minimum atomic E-state index is -0.178. The minimum Gasteiger partial charge on any atom is -0.409 e. The molecule has 0 saturated carbocycles. The smallest absolute Gasteiger partial charge is 0.254 e. The van der Waals surface area contributed by atoms with Crippen LogP contribution in [0.2, 0.25) is 0 Å². The Morgan fingerprint density at radius 3 is 2.84 bits per heavy atom. The topological polar surface area (TPSA) is 106 Å². The average Bonchev–Trinajstić information content (AvgIpc) is 2.78. The van der Waals surface area contributed by atoms with Crippen molar-refractivity contribution in [3.05, 3.63) is 17.5 Å². The lowest BCUT2D eigenvalue weighted by Crippen LogP contribution is -2.37. The first-order chi connectivity index (χ1) is 9.01. The summed E-state index contributed by atoms with van der Waals surface area (Å²) in [5.41, 5.74) is 6.79. The van der Waals surface area contributed by atoms with Crippen LogP contribution in [0.15, 0.2) is 11.4 Å². The summed E-state index contributed by atoms with van der Waals surface area (Å²) >= 11 is 0. The van der Waals surface area contributed by atoms with E-state index in [-0.39, 0.29) is 17.8 Å². The van der Waals surface area contributed by atoms with E-state index in [1.165, 1.54) is 0 Å². The monoisotopic (exact) mass is 267 g/mol. The van der Waals surface area contributed by atoms with Gasteiger partial charge in [0.25, 0.3) is 5.91 Å². The molecule has 0 aromatic carbocycles. The second kappa shape index (κ2) is 6.77. The molecule has 0 aliphatic rings. The molecule has 0 bridgehead atoms. The molecule has 7 nitrogen and oxygen atoms in total. The van der Waals surface area contributed by atoms with Crippen molar-refractivity contribution in [1.82, 2.24) is 15.1 Å². The van der Waals surface area contributed by atoms with Gasteiger partial charge in [-0.15, -0.1) is 0 Å². The quantitative estimate of drug-likeness (QED) is 0.304. The molecule has 0 saturated heterocycles. The van der Waals surface area contributed by atoms with Gasteiger partial charge in [-0.1, -0.05) is 19.0 Å². The number of carbonyl (C=O) groups excluding carboxylic acids is 1. The van der Waals surface area contributed by atoms with Gasteiger partial charge >= 0.3 is 0 Å². The van der Waals surface area contributed by atoms with Crippen molar-refractivity contribution >= 4 is 11.7 Å². The number of aromatic nitrogens is 2. The van der Waals surface area contributed by atoms with Gasteiger partial charge < -0.3 is 16.3 Å². The average molecular weight is 267 g/mol. The first-order valence-corrected chi connectivity index (χ1v) is 6.31. The second-order valence-electron chi connectivity index (χ2n) is 4.39. The summed E-state index contributed by atoms with van der Waals surface area (Å²) in [6, 6.07) is -0.159. The largest absolute Gasteiger partial charge is 0.409 e. The number of nitrogens with zero attached hydrogens (tertiary/aromatic N) is 3. The molecule has 0 aliphatic heterocycles. The van der Waals surface area contributed by atoms with E-state index in [4.69, 9.17) is 10.9 Å². The fraction of sp³-hybridized carbons (Fsp3) is 0.583. The zero-order valence-electron chi connectivity index (χ0n) is 11.6. The molecule has 1 aromatic heterocycles. The number of aryl methyl sites for hydroxylation is 2. The summed E-state index contributed by atoms with van der Waals surface area (Å²) in [6.07, 6.45) is 3.41. The van der Waals surface area contributed by atoms with Crippen molar-refractivity contribution in [1.29, 1.82) is 0 Å². The van der Waals surface area contributed by atoms with E-state index < -0.39 is 0 Å². The summed E-state index contributed by atoms with van der Waals surface area (Å²) < 4.78 is 1.62. The molecular weight excluding hydrogens is 246 g/mol. The third-order valence-corrected chi connectivity index (χ3v) is 2.90. The summed E-state index contributed by atoms with van der Waals surface area (Å²) in [5, 5.41) is 18.6. The van der Waals surface area contributed by atoms with Crippen LogP contribution in [0.5, 0.6) is 0 Å². The predicted molar refractivity (Wildman–Crippen MR) is 72.2 cm³/mol. The zero-order chi connectivity index (χ0) is 14.4. The van der Waals surface area contributed by atoms with E-state index >= 15 is 0 Å². The number of amidine groups is 1. The van der Waals surface area contributed by atoms with Crippen LogP contribution in [0.25, 0.3) is 0 Å². The summed E-state index contributed by atoms with van der Waals surface area (Å²) in [6.45, 7) is 3.88. The Balaban J connectivity index is 2.76. The van der Waals surface area contributed by atoms with Gasteiger partial charge in [0.15, 0.2) is 0 Å². The van der Waals surface area contributed by atoms with E-state index in [9.17, 15) is 4.79 Å². The van der Waals surface area contributed by atoms with Crippen LogP contribution in [0.4, 0.5) is 0 Å². The van der Waals surface area contributed by atoms with E-state index in [2.05, 4.69) is 15.6 Å². The molecule has 1 aromatic rings. The van der Waals surface area contributed by atoms with E-state index in [0.29, 0.717) is 24.8 Å². The van der Waals surface area contributed by atoms with Gasteiger partial charge in [0, 0.05) is 25.7 Å². The van der Waals surface area contributed by atoms with Crippen LogP contribution >= 0.6 is 0 Å². The van der Waals surface area contributed by atoms with Gasteiger partial charge in [-0.25, -0.2) is 0 Å². The van der Waals surface area contributed by atoms with Gasteiger partial charge in [0.2, 0.25) is 0 Å². The number of nitrogens with one attached hydrogen (secondary N) is 1. The normalized spacial score (nSPS) is 13.3. The minimum absolute atomic E-state index is 0.106. The van der Waals surface area contributed by atoms with Crippen molar-refractivity contribution < 1.29 is 10.0 Å². The van der Waals surface area contributed by atoms with Gasteiger partial charge in [-0.05, 0) is 12.8 Å². The standard InChI is InChI=1S/C12H21N5O2/c1-4-8(6-11(13)16-19)14-12(18)9-7-17(3)15-10(9)5-2/h7-8,19H,4-6H2,1-3H3,(H2,13,16)(H,14,18). The Kier molecular flexibility index (Phi) is 5.35. The lowest BCUT2D eigenvalue weighted by molar-refractivity contribution is 0.0936. The highest BCUT2D eigenvalue weighted by atomic mass is 16.4. The van der Waals surface area contributed by atoms with Crippen molar-refractivity contribution in [3.63, 3.8) is 0 Å². The first kappa shape index (κ1) is 15.0. The Morgan fingerprint density at radius 1 is 1.63 bits per heavy atom. The van der Waals surface area contributed by atoms with Crippen LogP contribution < -0.4 is 11.1 Å². The predicted octanol–water partition coefficient (Wildman–Crippen LogP) is 0.627. The molecule has 0 fully saturated rings. The fourth-order valence-electron chi connectivity index (χ4n) is 1.84. The molecule has 1 unspecified atom stereocenters. The van der Waals surface area contributed by atoms with Gasteiger partial charge in [0.1, 0.15) is 5.84 Å². The summed E-state index contributed by atoms with van der Waals surface area (Å²) in [4.78, 5) is 12.2. The molecule has 0 radical (unpaired) electrons. The zero-order valence-corrected chi connectivity index (χ0v) is 11.6. The number of amides is 1. The van der Waals surface area contributed by atoms with E-state index in [1.54, 1.807) is 17.9 Å². The highest BCUT2D eigenvalue weighted by molar-refractivity contribution is 5.95. The van der Waals surface area contributed by atoms with Crippen LogP contribution in [0, 0.1) is 0 Å². The highest BCUT2D eigenvalue weighted by Gasteiger charge is 2.18. The second-order valence-corrected chi connectivity index (χ2v) is 4.39. The molecule has 0 aliphatic carbocycles. The lowest BCUT2D eigenvalue weighted by Gasteiger charge is -2.15. The molecule has 1 amide bonds.